The second-order valence-electron chi connectivity index (χ2n) is 4.57. The first-order chi connectivity index (χ1) is 9.10. The Morgan fingerprint density at radius 2 is 1.89 bits per heavy atom. The Morgan fingerprint density at radius 3 is 2.42 bits per heavy atom. The van der Waals surface area contributed by atoms with E-state index >= 15 is 0 Å². The summed E-state index contributed by atoms with van der Waals surface area (Å²) in [6.45, 7) is 2.06. The summed E-state index contributed by atoms with van der Waals surface area (Å²) in [5, 5.41) is 11.5. The van der Waals surface area contributed by atoms with E-state index in [-0.39, 0.29) is 5.91 Å². The highest BCUT2D eigenvalue weighted by molar-refractivity contribution is 5.94. The molecule has 102 valence electrons. The van der Waals surface area contributed by atoms with Crippen LogP contribution in [0.2, 0.25) is 0 Å². The van der Waals surface area contributed by atoms with Crippen molar-refractivity contribution in [3.8, 4) is 0 Å². The molecule has 0 radical (unpaired) electrons. The molecule has 1 aromatic rings. The molecule has 1 aromatic carbocycles. The second-order valence-corrected chi connectivity index (χ2v) is 4.57. The fourth-order valence-electron chi connectivity index (χ4n) is 2.06. The van der Waals surface area contributed by atoms with Crippen LogP contribution in [0.25, 0.3) is 0 Å². The lowest BCUT2D eigenvalue weighted by molar-refractivity contribution is -0.150. The molecule has 5 heteroatoms. The summed E-state index contributed by atoms with van der Waals surface area (Å²) in [5.41, 5.74) is 1.89. The molecule has 2 rings (SSSR count). The van der Waals surface area contributed by atoms with Crippen LogP contribution in [0.15, 0.2) is 24.3 Å². The van der Waals surface area contributed by atoms with Gasteiger partial charge in [0.05, 0.1) is 0 Å². The Kier molecular flexibility index (Phi) is 4.16. The highest BCUT2D eigenvalue weighted by Crippen LogP contribution is 2.21. The van der Waals surface area contributed by atoms with E-state index in [1.165, 1.54) is 5.56 Å². The van der Waals surface area contributed by atoms with E-state index in [9.17, 15) is 9.59 Å². The van der Waals surface area contributed by atoms with Crippen molar-refractivity contribution in [3.05, 3.63) is 29.8 Å². The van der Waals surface area contributed by atoms with Crippen LogP contribution in [0, 0.1) is 0 Å². The molecule has 0 saturated carbocycles. The van der Waals surface area contributed by atoms with Crippen LogP contribution in [0.1, 0.15) is 25.3 Å². The van der Waals surface area contributed by atoms with Crippen molar-refractivity contribution in [2.75, 3.05) is 5.32 Å². The monoisotopic (exact) mass is 263 g/mol. The predicted molar refractivity (Wildman–Crippen MR) is 70.0 cm³/mol. The van der Waals surface area contributed by atoms with Gasteiger partial charge in [0.1, 0.15) is 6.10 Å². The van der Waals surface area contributed by atoms with E-state index < -0.39 is 18.2 Å². The zero-order valence-corrected chi connectivity index (χ0v) is 10.8. The normalized spacial score (nSPS) is 22.2. The summed E-state index contributed by atoms with van der Waals surface area (Å²) in [7, 11) is 0. The zero-order valence-electron chi connectivity index (χ0n) is 10.8. The van der Waals surface area contributed by atoms with Crippen molar-refractivity contribution in [1.82, 2.24) is 0 Å². The molecule has 2 N–H and O–H groups in total. The first-order valence-corrected chi connectivity index (χ1v) is 6.38. The maximum absolute atomic E-state index is 11.9. The summed E-state index contributed by atoms with van der Waals surface area (Å²) in [5.74, 6) is -1.30. The lowest BCUT2D eigenvalue weighted by atomic mass is 10.1. The largest absolute Gasteiger partial charge is 0.479 e. The topological polar surface area (TPSA) is 75.6 Å². The van der Waals surface area contributed by atoms with E-state index in [4.69, 9.17) is 9.84 Å². The van der Waals surface area contributed by atoms with Crippen LogP contribution in [-0.2, 0) is 20.7 Å². The van der Waals surface area contributed by atoms with Gasteiger partial charge in [-0.05, 0) is 37.0 Å². The van der Waals surface area contributed by atoms with Gasteiger partial charge >= 0.3 is 5.97 Å². The number of benzene rings is 1. The van der Waals surface area contributed by atoms with Gasteiger partial charge < -0.3 is 15.2 Å². The summed E-state index contributed by atoms with van der Waals surface area (Å²) in [6.07, 6.45) is 0.225. The fraction of sp³-hybridized carbons (Fsp3) is 0.429. The van der Waals surface area contributed by atoms with Gasteiger partial charge in [-0.2, -0.15) is 0 Å². The van der Waals surface area contributed by atoms with E-state index in [1.807, 2.05) is 24.3 Å². The van der Waals surface area contributed by atoms with Gasteiger partial charge in [0, 0.05) is 5.69 Å². The van der Waals surface area contributed by atoms with Gasteiger partial charge in [-0.3, -0.25) is 4.79 Å². The third-order valence-corrected chi connectivity index (χ3v) is 3.22. The van der Waals surface area contributed by atoms with E-state index in [2.05, 4.69) is 12.2 Å². The molecule has 19 heavy (non-hydrogen) atoms. The Balaban J connectivity index is 1.92. The maximum Gasteiger partial charge on any atom is 0.332 e. The van der Waals surface area contributed by atoms with Crippen LogP contribution < -0.4 is 5.32 Å². The van der Waals surface area contributed by atoms with Crippen LogP contribution in [0.4, 0.5) is 5.69 Å². The van der Waals surface area contributed by atoms with Gasteiger partial charge in [-0.1, -0.05) is 19.1 Å². The van der Waals surface area contributed by atoms with Gasteiger partial charge in [0.15, 0.2) is 6.10 Å². The number of aliphatic carboxylic acids is 1. The molecule has 0 spiro atoms. The number of aryl methyl sites for hydroxylation is 1. The first kappa shape index (κ1) is 13.5. The molecule has 1 aliphatic rings. The van der Waals surface area contributed by atoms with Crippen molar-refractivity contribution in [2.24, 2.45) is 0 Å². The fourth-order valence-corrected chi connectivity index (χ4v) is 2.06. The number of anilines is 1. The smallest absolute Gasteiger partial charge is 0.332 e. The molecule has 1 amide bonds. The highest BCUT2D eigenvalue weighted by atomic mass is 16.5. The van der Waals surface area contributed by atoms with Crippen LogP contribution in [0.3, 0.4) is 0 Å². The second kappa shape index (κ2) is 5.84. The molecular weight excluding hydrogens is 246 g/mol. The Hall–Kier alpha value is -1.88. The lowest BCUT2D eigenvalue weighted by Gasteiger charge is -2.12. The highest BCUT2D eigenvalue weighted by Gasteiger charge is 2.34. The van der Waals surface area contributed by atoms with Gasteiger partial charge in [0.25, 0.3) is 5.91 Å². The summed E-state index contributed by atoms with van der Waals surface area (Å²) in [6, 6.07) is 7.57. The number of ether oxygens (including phenoxy) is 1. The Labute approximate surface area is 111 Å². The number of carbonyl (C=O) groups excluding carboxylic acids is 1. The lowest BCUT2D eigenvalue weighted by Crippen LogP contribution is -2.29. The van der Waals surface area contributed by atoms with Crippen molar-refractivity contribution >= 4 is 17.6 Å². The molecule has 1 fully saturated rings. The summed E-state index contributed by atoms with van der Waals surface area (Å²) >= 11 is 0. The molecule has 0 aromatic heterocycles. The quantitative estimate of drug-likeness (QED) is 0.868. The van der Waals surface area contributed by atoms with Gasteiger partial charge in [0.2, 0.25) is 0 Å². The number of amides is 1. The number of carbonyl (C=O) groups is 2. The van der Waals surface area contributed by atoms with Gasteiger partial charge in [-0.25, -0.2) is 4.79 Å². The molecule has 5 nitrogen and oxygen atoms in total. The van der Waals surface area contributed by atoms with Crippen LogP contribution in [0.5, 0.6) is 0 Å². The predicted octanol–water partition coefficient (Wildman–Crippen LogP) is 1.82. The number of carboxylic acids is 1. The minimum atomic E-state index is -1.01. The Morgan fingerprint density at radius 1 is 1.26 bits per heavy atom. The molecule has 2 atom stereocenters. The molecule has 2 unspecified atom stereocenters. The van der Waals surface area contributed by atoms with Crippen LogP contribution >= 0.6 is 0 Å². The van der Waals surface area contributed by atoms with Crippen LogP contribution in [-0.4, -0.2) is 29.2 Å². The molecular formula is C14H17NO4. The molecule has 1 saturated heterocycles. The minimum absolute atomic E-state index is 0.284. The molecule has 1 heterocycles. The van der Waals surface area contributed by atoms with Crippen molar-refractivity contribution < 1.29 is 19.4 Å². The van der Waals surface area contributed by atoms with Gasteiger partial charge in [-0.15, -0.1) is 0 Å². The third-order valence-electron chi connectivity index (χ3n) is 3.22. The van der Waals surface area contributed by atoms with E-state index in [0.717, 1.165) is 6.42 Å². The number of carboxylic acid groups (broad SMARTS) is 1. The van der Waals surface area contributed by atoms with E-state index in [1.54, 1.807) is 0 Å². The maximum atomic E-state index is 11.9. The number of rotatable bonds is 4. The number of hydrogen-bond acceptors (Lipinski definition) is 3. The van der Waals surface area contributed by atoms with Crippen molar-refractivity contribution in [3.63, 3.8) is 0 Å². The van der Waals surface area contributed by atoms with E-state index in [0.29, 0.717) is 18.5 Å². The average molecular weight is 263 g/mol. The van der Waals surface area contributed by atoms with Crippen molar-refractivity contribution in [2.45, 2.75) is 38.4 Å². The third kappa shape index (κ3) is 3.32. The zero-order chi connectivity index (χ0) is 13.8. The Bertz CT molecular complexity index is 469. The number of hydrogen-bond donors (Lipinski definition) is 2. The average Bonchev–Trinajstić information content (AvgIpc) is 2.89. The summed E-state index contributed by atoms with van der Waals surface area (Å²) < 4.78 is 5.19. The van der Waals surface area contributed by atoms with Crippen molar-refractivity contribution in [1.29, 1.82) is 0 Å². The minimum Gasteiger partial charge on any atom is -0.479 e. The molecule has 1 aliphatic heterocycles. The molecule has 0 aliphatic carbocycles. The standard InChI is InChI=1S/C14H17NO4/c1-2-9-3-5-10(6-4-9)15-13(16)11-7-8-12(19-11)14(17)18/h3-6,11-12H,2,7-8H2,1H3,(H,15,16)(H,17,18). The summed E-state index contributed by atoms with van der Waals surface area (Å²) in [4.78, 5) is 22.7. The SMILES string of the molecule is CCc1ccc(NC(=O)C2CCC(C(=O)O)O2)cc1. The first-order valence-electron chi connectivity index (χ1n) is 6.38. The number of nitrogens with one attached hydrogen (secondary N) is 1. The molecule has 0 bridgehead atoms.